The molecule has 1 amide bonds. The lowest BCUT2D eigenvalue weighted by Crippen LogP contribution is -2.39. The third-order valence-electron chi connectivity index (χ3n) is 7.53. The molecule has 1 aliphatic rings. The summed E-state index contributed by atoms with van der Waals surface area (Å²) in [5.41, 5.74) is -0.412. The van der Waals surface area contributed by atoms with E-state index in [-0.39, 0.29) is 33.2 Å². The zero-order valence-corrected chi connectivity index (χ0v) is 23.6. The van der Waals surface area contributed by atoms with E-state index < -0.39 is 34.4 Å². The number of hydrogen-bond acceptors (Lipinski definition) is 7. The second kappa shape index (κ2) is 11.0. The normalized spacial score (nSPS) is 13.6. The van der Waals surface area contributed by atoms with Crippen molar-refractivity contribution < 1.29 is 18.5 Å². The third-order valence-corrected chi connectivity index (χ3v) is 8.89. The number of non-ortho nitro benzene ring substituents is 1. The van der Waals surface area contributed by atoms with Gasteiger partial charge < -0.3 is 4.90 Å². The maximum absolute atomic E-state index is 14.8. The monoisotopic (exact) mass is 603 g/mol. The van der Waals surface area contributed by atoms with Crippen LogP contribution < -0.4 is 16.1 Å². The van der Waals surface area contributed by atoms with Crippen LogP contribution in [0.4, 0.5) is 20.2 Å². The minimum absolute atomic E-state index is 0.0182. The smallest absolute Gasteiger partial charge is 0.311 e. The third kappa shape index (κ3) is 4.91. The number of carbonyl (C=O) groups excluding carboxylic acids is 1. The van der Waals surface area contributed by atoms with E-state index in [2.05, 4.69) is 4.98 Å². The van der Waals surface area contributed by atoms with E-state index in [1.165, 1.54) is 42.6 Å². The molecule has 0 unspecified atom stereocenters. The van der Waals surface area contributed by atoms with Crippen LogP contribution in [0.1, 0.15) is 30.4 Å². The number of thiophene rings is 1. The molecule has 0 radical (unpaired) electrons. The molecule has 1 aliphatic heterocycles. The Morgan fingerprint density at radius 2 is 1.72 bits per heavy atom. The molecular formula is C30H23F2N5O5S. The van der Waals surface area contributed by atoms with Gasteiger partial charge in [-0.25, -0.2) is 23.1 Å². The number of nitro benzene ring substituents is 1. The SMILES string of the molecule is Cc1c(-c2ccc([N+](=O)[O-])cc2)sc2c1c(=O)n(-c1ccc(N3CCCCC3=O)cn1)c(=O)n2Cc1c(F)cccc1F. The summed E-state index contributed by atoms with van der Waals surface area (Å²) in [4.78, 5) is 57.6. The number of halogens is 2. The van der Waals surface area contributed by atoms with E-state index in [0.29, 0.717) is 34.7 Å². The first-order valence-electron chi connectivity index (χ1n) is 13.4. The molecule has 218 valence electrons. The summed E-state index contributed by atoms with van der Waals surface area (Å²) in [6.07, 6.45) is 3.48. The van der Waals surface area contributed by atoms with Gasteiger partial charge in [0.25, 0.3) is 11.2 Å². The molecule has 4 heterocycles. The molecule has 2 aromatic carbocycles. The van der Waals surface area contributed by atoms with Crippen molar-refractivity contribution in [1.29, 1.82) is 0 Å². The number of pyridine rings is 1. The fourth-order valence-corrected chi connectivity index (χ4v) is 6.59. The number of aryl methyl sites for hydroxylation is 1. The number of carbonyl (C=O) groups is 1. The molecule has 0 aliphatic carbocycles. The van der Waals surface area contributed by atoms with E-state index in [1.807, 2.05) is 0 Å². The topological polar surface area (TPSA) is 120 Å². The zero-order valence-electron chi connectivity index (χ0n) is 22.8. The van der Waals surface area contributed by atoms with Crippen molar-refractivity contribution in [2.45, 2.75) is 32.7 Å². The van der Waals surface area contributed by atoms with Crippen LogP contribution in [-0.2, 0) is 11.3 Å². The Hall–Kier alpha value is -5.04. The fraction of sp³-hybridized carbons (Fsp3) is 0.200. The van der Waals surface area contributed by atoms with Crippen molar-refractivity contribution in [3.63, 3.8) is 0 Å². The molecule has 10 nitrogen and oxygen atoms in total. The van der Waals surface area contributed by atoms with Gasteiger partial charge in [-0.05, 0) is 67.3 Å². The summed E-state index contributed by atoms with van der Waals surface area (Å²) in [5.74, 6) is -1.76. The molecule has 0 spiro atoms. The molecule has 0 atom stereocenters. The van der Waals surface area contributed by atoms with Crippen LogP contribution in [0.5, 0.6) is 0 Å². The summed E-state index contributed by atoms with van der Waals surface area (Å²) < 4.78 is 31.5. The van der Waals surface area contributed by atoms with Gasteiger partial charge in [-0.3, -0.25) is 24.3 Å². The second-order valence-corrected chi connectivity index (χ2v) is 11.1. The van der Waals surface area contributed by atoms with Crippen molar-refractivity contribution in [3.05, 3.63) is 115 Å². The number of hydrogen-bond donors (Lipinski definition) is 0. The second-order valence-electron chi connectivity index (χ2n) is 10.1. The lowest BCUT2D eigenvalue weighted by Gasteiger charge is -2.26. The highest BCUT2D eigenvalue weighted by molar-refractivity contribution is 7.22. The Bertz CT molecular complexity index is 2010. The van der Waals surface area contributed by atoms with Gasteiger partial charge in [-0.15, -0.1) is 11.3 Å². The predicted molar refractivity (Wildman–Crippen MR) is 158 cm³/mol. The molecule has 3 aromatic heterocycles. The quantitative estimate of drug-likeness (QED) is 0.191. The molecule has 43 heavy (non-hydrogen) atoms. The van der Waals surface area contributed by atoms with Gasteiger partial charge in [-0.2, -0.15) is 0 Å². The van der Waals surface area contributed by atoms with Crippen molar-refractivity contribution in [2.24, 2.45) is 0 Å². The summed E-state index contributed by atoms with van der Waals surface area (Å²) in [6, 6.07) is 12.2. The Kier molecular flexibility index (Phi) is 7.18. The van der Waals surface area contributed by atoms with Gasteiger partial charge in [-0.1, -0.05) is 6.07 Å². The molecule has 0 saturated carbocycles. The average Bonchev–Trinajstić information content (AvgIpc) is 3.34. The van der Waals surface area contributed by atoms with E-state index in [9.17, 15) is 33.3 Å². The first kappa shape index (κ1) is 28.1. The first-order valence-corrected chi connectivity index (χ1v) is 14.2. The van der Waals surface area contributed by atoms with Gasteiger partial charge in [0.15, 0.2) is 0 Å². The Balaban J connectivity index is 1.56. The molecule has 1 saturated heterocycles. The van der Waals surface area contributed by atoms with Gasteiger partial charge in [0.1, 0.15) is 22.3 Å². The van der Waals surface area contributed by atoms with Crippen molar-refractivity contribution in [3.8, 4) is 16.3 Å². The number of benzene rings is 2. The lowest BCUT2D eigenvalue weighted by molar-refractivity contribution is -0.384. The van der Waals surface area contributed by atoms with E-state index in [0.717, 1.165) is 45.4 Å². The number of piperidine rings is 1. The Labute approximate surface area is 246 Å². The molecule has 5 aromatic rings. The van der Waals surface area contributed by atoms with E-state index in [4.69, 9.17) is 0 Å². The van der Waals surface area contributed by atoms with Gasteiger partial charge >= 0.3 is 5.69 Å². The minimum atomic E-state index is -0.856. The largest absolute Gasteiger partial charge is 0.338 e. The fourth-order valence-electron chi connectivity index (χ4n) is 5.29. The number of amides is 1. The van der Waals surface area contributed by atoms with Gasteiger partial charge in [0.2, 0.25) is 5.91 Å². The number of rotatable bonds is 6. The highest BCUT2D eigenvalue weighted by atomic mass is 32.1. The van der Waals surface area contributed by atoms with Crippen molar-refractivity contribution in [1.82, 2.24) is 14.1 Å². The molecule has 0 N–H and O–H groups in total. The highest BCUT2D eigenvalue weighted by Crippen LogP contribution is 2.37. The molecule has 6 rings (SSSR count). The predicted octanol–water partition coefficient (Wildman–Crippen LogP) is 5.34. The number of nitro groups is 1. The minimum Gasteiger partial charge on any atom is -0.311 e. The van der Waals surface area contributed by atoms with Crippen molar-refractivity contribution >= 4 is 38.8 Å². The number of fused-ring (bicyclic) bond motifs is 1. The number of nitrogens with zero attached hydrogens (tertiary/aromatic N) is 5. The van der Waals surface area contributed by atoms with Crippen LogP contribution in [0.3, 0.4) is 0 Å². The van der Waals surface area contributed by atoms with E-state index in [1.54, 1.807) is 17.9 Å². The van der Waals surface area contributed by atoms with Crippen LogP contribution in [0.25, 0.3) is 26.5 Å². The molecular weight excluding hydrogens is 580 g/mol. The lowest BCUT2D eigenvalue weighted by atomic mass is 10.1. The summed E-state index contributed by atoms with van der Waals surface area (Å²) >= 11 is 1.07. The first-order chi connectivity index (χ1) is 20.7. The van der Waals surface area contributed by atoms with Crippen LogP contribution in [-0.4, -0.2) is 31.5 Å². The van der Waals surface area contributed by atoms with Crippen LogP contribution in [0, 0.1) is 28.7 Å². The maximum Gasteiger partial charge on any atom is 0.338 e. The van der Waals surface area contributed by atoms with Crippen LogP contribution >= 0.6 is 11.3 Å². The Morgan fingerprint density at radius 3 is 2.35 bits per heavy atom. The van der Waals surface area contributed by atoms with Crippen LogP contribution in [0.15, 0.2) is 70.4 Å². The molecule has 13 heteroatoms. The molecule has 1 fully saturated rings. The maximum atomic E-state index is 14.8. The molecule has 0 bridgehead atoms. The number of anilines is 1. The van der Waals surface area contributed by atoms with Gasteiger partial charge in [0, 0.05) is 35.5 Å². The summed E-state index contributed by atoms with van der Waals surface area (Å²) in [6.45, 7) is 1.71. The number of aromatic nitrogens is 3. The van der Waals surface area contributed by atoms with Crippen LogP contribution in [0.2, 0.25) is 0 Å². The van der Waals surface area contributed by atoms with E-state index >= 15 is 0 Å². The zero-order chi connectivity index (χ0) is 30.4. The average molecular weight is 604 g/mol. The Morgan fingerprint density at radius 1 is 1.00 bits per heavy atom. The summed E-state index contributed by atoms with van der Waals surface area (Å²) in [5, 5.41) is 11.3. The standard InChI is InChI=1S/C30H23F2N5O5S/c1-17-26-28(39)36(24-13-12-20(15-33-24)34-14-3-2-7-25(34)38)30(40)35(16-21-22(31)5-4-6-23(21)32)29(26)43-27(17)18-8-10-19(11-9-18)37(41)42/h4-6,8-13,15H,2-3,7,14,16H2,1H3. The van der Waals surface area contributed by atoms with Crippen molar-refractivity contribution in [2.75, 3.05) is 11.4 Å². The summed E-state index contributed by atoms with van der Waals surface area (Å²) in [7, 11) is 0. The highest BCUT2D eigenvalue weighted by Gasteiger charge is 2.25. The van der Waals surface area contributed by atoms with Gasteiger partial charge in [0.05, 0.1) is 28.7 Å².